The van der Waals surface area contributed by atoms with Crippen LogP contribution in [0.25, 0.3) is 0 Å². The summed E-state index contributed by atoms with van der Waals surface area (Å²) in [5.41, 5.74) is 0.620. The van der Waals surface area contributed by atoms with E-state index < -0.39 is 10.0 Å². The van der Waals surface area contributed by atoms with Gasteiger partial charge in [0.1, 0.15) is 4.90 Å². The van der Waals surface area contributed by atoms with Crippen molar-refractivity contribution in [2.24, 2.45) is 0 Å². The standard InChI is InChI=1S/C12H10Br2N2O3S/c13-9-2-1-5-15-12(9)16-20(18,19)11-4-3-8(7-17)6-10(11)14/h1-6,17H,7H2,(H,15,16). The number of aliphatic hydroxyl groups excluding tert-OH is 1. The fourth-order valence-electron chi connectivity index (χ4n) is 1.50. The Morgan fingerprint density at radius 3 is 2.55 bits per heavy atom. The van der Waals surface area contributed by atoms with Crippen molar-refractivity contribution in [1.82, 2.24) is 4.98 Å². The number of halogens is 2. The van der Waals surface area contributed by atoms with Gasteiger partial charge >= 0.3 is 0 Å². The van der Waals surface area contributed by atoms with E-state index in [2.05, 4.69) is 41.6 Å². The van der Waals surface area contributed by atoms with E-state index in [0.29, 0.717) is 14.5 Å². The minimum Gasteiger partial charge on any atom is -0.392 e. The summed E-state index contributed by atoms with van der Waals surface area (Å²) < 4.78 is 27.9. The van der Waals surface area contributed by atoms with Crippen LogP contribution in [0.15, 0.2) is 50.4 Å². The normalized spacial score (nSPS) is 11.3. The number of anilines is 1. The maximum Gasteiger partial charge on any atom is 0.264 e. The molecule has 1 heterocycles. The van der Waals surface area contributed by atoms with Gasteiger partial charge in [-0.05, 0) is 61.7 Å². The summed E-state index contributed by atoms with van der Waals surface area (Å²) in [7, 11) is -3.76. The SMILES string of the molecule is O=S(=O)(Nc1ncccc1Br)c1ccc(CO)cc1Br. The van der Waals surface area contributed by atoms with Crippen molar-refractivity contribution < 1.29 is 13.5 Å². The Balaban J connectivity index is 2.39. The van der Waals surface area contributed by atoms with Crippen molar-refractivity contribution in [2.45, 2.75) is 11.5 Å². The highest BCUT2D eigenvalue weighted by atomic mass is 79.9. The van der Waals surface area contributed by atoms with Gasteiger partial charge < -0.3 is 5.11 Å². The van der Waals surface area contributed by atoms with Gasteiger partial charge in [0.25, 0.3) is 10.0 Å². The zero-order valence-corrected chi connectivity index (χ0v) is 14.0. The van der Waals surface area contributed by atoms with Gasteiger partial charge in [-0.1, -0.05) is 6.07 Å². The highest BCUT2D eigenvalue weighted by molar-refractivity contribution is 9.11. The van der Waals surface area contributed by atoms with Crippen LogP contribution in [0.1, 0.15) is 5.56 Å². The Labute approximate surface area is 133 Å². The third-order valence-corrected chi connectivity index (χ3v) is 5.41. The highest BCUT2D eigenvalue weighted by Gasteiger charge is 2.19. The largest absolute Gasteiger partial charge is 0.392 e. The molecule has 0 aliphatic carbocycles. The Kier molecular flexibility index (Phi) is 4.79. The predicted molar refractivity (Wildman–Crippen MR) is 82.8 cm³/mol. The third-order valence-electron chi connectivity index (χ3n) is 2.46. The van der Waals surface area contributed by atoms with Gasteiger partial charge in [0.15, 0.2) is 5.82 Å². The van der Waals surface area contributed by atoms with Crippen LogP contribution in [0.3, 0.4) is 0 Å². The lowest BCUT2D eigenvalue weighted by atomic mass is 10.2. The molecule has 0 spiro atoms. The van der Waals surface area contributed by atoms with E-state index >= 15 is 0 Å². The molecule has 1 aromatic carbocycles. The lowest BCUT2D eigenvalue weighted by Crippen LogP contribution is -2.15. The summed E-state index contributed by atoms with van der Waals surface area (Å²) in [6, 6.07) is 7.91. The summed E-state index contributed by atoms with van der Waals surface area (Å²) >= 11 is 6.42. The maximum atomic E-state index is 12.3. The number of nitrogens with one attached hydrogen (secondary N) is 1. The smallest absolute Gasteiger partial charge is 0.264 e. The molecule has 2 aromatic rings. The molecule has 0 bridgehead atoms. The summed E-state index contributed by atoms with van der Waals surface area (Å²) in [6.45, 7) is -0.155. The van der Waals surface area contributed by atoms with Crippen LogP contribution in [-0.4, -0.2) is 18.5 Å². The molecule has 2 rings (SSSR count). The molecule has 106 valence electrons. The Morgan fingerprint density at radius 2 is 1.95 bits per heavy atom. The lowest BCUT2D eigenvalue weighted by molar-refractivity contribution is 0.281. The minimum atomic E-state index is -3.76. The zero-order valence-electron chi connectivity index (χ0n) is 10.0. The summed E-state index contributed by atoms with van der Waals surface area (Å²) in [5, 5.41) is 9.03. The Morgan fingerprint density at radius 1 is 1.20 bits per heavy atom. The number of hydrogen-bond acceptors (Lipinski definition) is 4. The average molecular weight is 422 g/mol. The molecule has 5 nitrogen and oxygen atoms in total. The fourth-order valence-corrected chi connectivity index (χ4v) is 4.14. The number of nitrogens with zero attached hydrogens (tertiary/aromatic N) is 1. The number of sulfonamides is 1. The Bertz CT molecular complexity index is 735. The molecule has 20 heavy (non-hydrogen) atoms. The van der Waals surface area contributed by atoms with E-state index in [-0.39, 0.29) is 17.3 Å². The number of rotatable bonds is 4. The molecule has 0 amide bonds. The molecular weight excluding hydrogens is 412 g/mol. The Hall–Kier alpha value is -0.960. The first-order chi connectivity index (χ1) is 9.44. The third kappa shape index (κ3) is 3.38. The van der Waals surface area contributed by atoms with E-state index in [1.807, 2.05) is 0 Å². The molecule has 2 N–H and O–H groups in total. The summed E-state index contributed by atoms with van der Waals surface area (Å²) in [5.74, 6) is 0.214. The topological polar surface area (TPSA) is 79.3 Å². The van der Waals surface area contributed by atoms with E-state index in [0.717, 1.165) is 0 Å². The molecule has 0 saturated heterocycles. The van der Waals surface area contributed by atoms with Gasteiger partial charge in [0.2, 0.25) is 0 Å². The van der Waals surface area contributed by atoms with Gasteiger partial charge in [-0.2, -0.15) is 0 Å². The van der Waals surface area contributed by atoms with E-state index in [1.165, 1.54) is 12.3 Å². The second-order valence-corrected chi connectivity index (χ2v) is 7.22. The van der Waals surface area contributed by atoms with E-state index in [4.69, 9.17) is 5.11 Å². The van der Waals surface area contributed by atoms with Crippen LogP contribution < -0.4 is 4.72 Å². The van der Waals surface area contributed by atoms with Crippen LogP contribution in [0.5, 0.6) is 0 Å². The number of aliphatic hydroxyl groups is 1. The van der Waals surface area contributed by atoms with Crippen LogP contribution in [0.2, 0.25) is 0 Å². The molecule has 0 aliphatic rings. The maximum absolute atomic E-state index is 12.3. The number of benzene rings is 1. The predicted octanol–water partition coefficient (Wildman–Crippen LogP) is 2.90. The molecule has 0 atom stereocenters. The molecule has 0 fully saturated rings. The summed E-state index contributed by atoms with van der Waals surface area (Å²) in [6.07, 6.45) is 1.49. The second kappa shape index (κ2) is 6.21. The first-order valence-corrected chi connectivity index (χ1v) is 8.53. The van der Waals surface area contributed by atoms with Crippen LogP contribution in [-0.2, 0) is 16.6 Å². The molecule has 0 unspecified atom stereocenters. The van der Waals surface area contributed by atoms with Gasteiger partial charge in [-0.3, -0.25) is 4.72 Å². The van der Waals surface area contributed by atoms with Gasteiger partial charge in [0, 0.05) is 10.7 Å². The van der Waals surface area contributed by atoms with Crippen molar-refractivity contribution in [3.63, 3.8) is 0 Å². The molecular formula is C12H10Br2N2O3S. The molecule has 1 aromatic heterocycles. The first-order valence-electron chi connectivity index (χ1n) is 5.46. The number of aromatic nitrogens is 1. The fraction of sp³-hybridized carbons (Fsp3) is 0.0833. The van der Waals surface area contributed by atoms with Gasteiger partial charge in [-0.25, -0.2) is 13.4 Å². The lowest BCUT2D eigenvalue weighted by Gasteiger charge is -2.10. The van der Waals surface area contributed by atoms with E-state index in [9.17, 15) is 8.42 Å². The number of hydrogen-bond donors (Lipinski definition) is 2. The second-order valence-electron chi connectivity index (χ2n) is 3.86. The van der Waals surface area contributed by atoms with Gasteiger partial charge in [-0.15, -0.1) is 0 Å². The van der Waals surface area contributed by atoms with Crippen molar-refractivity contribution in [3.05, 3.63) is 51.0 Å². The van der Waals surface area contributed by atoms with Crippen molar-refractivity contribution in [1.29, 1.82) is 0 Å². The molecule has 0 radical (unpaired) electrons. The van der Waals surface area contributed by atoms with Crippen molar-refractivity contribution >= 4 is 47.7 Å². The minimum absolute atomic E-state index is 0.0762. The van der Waals surface area contributed by atoms with Crippen LogP contribution in [0, 0.1) is 0 Å². The van der Waals surface area contributed by atoms with Crippen molar-refractivity contribution in [3.8, 4) is 0 Å². The van der Waals surface area contributed by atoms with Crippen molar-refractivity contribution in [2.75, 3.05) is 4.72 Å². The molecule has 0 saturated carbocycles. The average Bonchev–Trinajstić information content (AvgIpc) is 2.40. The number of pyridine rings is 1. The first kappa shape index (κ1) is 15.4. The summed E-state index contributed by atoms with van der Waals surface area (Å²) in [4.78, 5) is 4.04. The van der Waals surface area contributed by atoms with Gasteiger partial charge in [0.05, 0.1) is 11.1 Å². The van der Waals surface area contributed by atoms with Crippen LogP contribution >= 0.6 is 31.9 Å². The molecule has 8 heteroatoms. The quantitative estimate of drug-likeness (QED) is 0.795. The molecule has 0 aliphatic heterocycles. The van der Waals surface area contributed by atoms with Crippen LogP contribution in [0.4, 0.5) is 5.82 Å². The highest BCUT2D eigenvalue weighted by Crippen LogP contribution is 2.27. The zero-order chi connectivity index (χ0) is 14.8. The van der Waals surface area contributed by atoms with E-state index in [1.54, 1.807) is 24.3 Å². The monoisotopic (exact) mass is 420 g/mol.